The van der Waals surface area contributed by atoms with Gasteiger partial charge in [-0.05, 0) is 44.5 Å². The summed E-state index contributed by atoms with van der Waals surface area (Å²) in [5.74, 6) is 0.967. The minimum Gasteiger partial charge on any atom is -0.490 e. The van der Waals surface area contributed by atoms with E-state index in [9.17, 15) is 0 Å². The molecule has 0 radical (unpaired) electrons. The molecule has 4 heteroatoms. The summed E-state index contributed by atoms with van der Waals surface area (Å²) in [5, 5.41) is 7.79. The van der Waals surface area contributed by atoms with Crippen molar-refractivity contribution >= 4 is 0 Å². The molecular weight excluding hydrogens is 250 g/mol. The number of hydrogen-bond acceptors (Lipinski definition) is 3. The Labute approximate surface area is 119 Å². The molecule has 106 valence electrons. The predicted octanol–water partition coefficient (Wildman–Crippen LogP) is 2.58. The van der Waals surface area contributed by atoms with E-state index in [4.69, 9.17) is 4.74 Å². The summed E-state index contributed by atoms with van der Waals surface area (Å²) in [6.45, 7) is 2.05. The number of nitrogens with zero attached hydrogens (tertiary/aromatic N) is 2. The maximum Gasteiger partial charge on any atom is 0.119 e. The van der Waals surface area contributed by atoms with Gasteiger partial charge >= 0.3 is 0 Å². The number of benzene rings is 1. The van der Waals surface area contributed by atoms with Crippen LogP contribution in [0.2, 0.25) is 0 Å². The standard InChI is InChI=1S/C16H21N3O/c1-11-15(10-19(3)18-11)16(17-2)12-4-6-13(7-5-12)20-14-8-9-14/h4-7,10,14,16-17H,8-9H2,1-3H3. The van der Waals surface area contributed by atoms with Gasteiger partial charge in [0.25, 0.3) is 0 Å². The molecule has 0 spiro atoms. The Hall–Kier alpha value is -1.81. The Bertz CT molecular complexity index is 584. The van der Waals surface area contributed by atoms with Crippen LogP contribution in [0.1, 0.15) is 35.7 Å². The van der Waals surface area contributed by atoms with Gasteiger partial charge in [0.15, 0.2) is 0 Å². The van der Waals surface area contributed by atoms with Gasteiger partial charge in [-0.1, -0.05) is 12.1 Å². The molecule has 1 aliphatic rings. The van der Waals surface area contributed by atoms with Crippen LogP contribution in [-0.4, -0.2) is 22.9 Å². The number of aryl methyl sites for hydroxylation is 2. The molecule has 0 aliphatic heterocycles. The van der Waals surface area contributed by atoms with Gasteiger partial charge in [-0.15, -0.1) is 0 Å². The van der Waals surface area contributed by atoms with E-state index in [0.717, 1.165) is 11.4 Å². The zero-order valence-corrected chi connectivity index (χ0v) is 12.3. The van der Waals surface area contributed by atoms with E-state index in [2.05, 4.69) is 40.9 Å². The number of ether oxygens (including phenoxy) is 1. The summed E-state index contributed by atoms with van der Waals surface area (Å²) in [6.07, 6.45) is 4.90. The first-order chi connectivity index (χ1) is 9.67. The van der Waals surface area contributed by atoms with Crippen LogP contribution in [0, 0.1) is 6.92 Å². The van der Waals surface area contributed by atoms with E-state index in [1.807, 2.05) is 25.7 Å². The molecule has 0 saturated heterocycles. The first-order valence-electron chi connectivity index (χ1n) is 7.11. The fraction of sp³-hybridized carbons (Fsp3) is 0.438. The summed E-state index contributed by atoms with van der Waals surface area (Å²) in [4.78, 5) is 0. The summed E-state index contributed by atoms with van der Waals surface area (Å²) in [5.41, 5.74) is 3.50. The third-order valence-electron chi connectivity index (χ3n) is 3.69. The highest BCUT2D eigenvalue weighted by molar-refractivity contribution is 5.36. The van der Waals surface area contributed by atoms with Gasteiger partial charge in [0.1, 0.15) is 5.75 Å². The van der Waals surface area contributed by atoms with Crippen molar-refractivity contribution in [2.24, 2.45) is 7.05 Å². The summed E-state index contributed by atoms with van der Waals surface area (Å²) >= 11 is 0. The van der Waals surface area contributed by atoms with Crippen molar-refractivity contribution in [1.82, 2.24) is 15.1 Å². The lowest BCUT2D eigenvalue weighted by atomic mass is 9.99. The monoisotopic (exact) mass is 271 g/mol. The Morgan fingerprint density at radius 2 is 2.00 bits per heavy atom. The molecule has 1 N–H and O–H groups in total. The third-order valence-corrected chi connectivity index (χ3v) is 3.69. The Balaban J connectivity index is 1.83. The number of aromatic nitrogens is 2. The van der Waals surface area contributed by atoms with E-state index in [1.54, 1.807) is 0 Å². The zero-order valence-electron chi connectivity index (χ0n) is 12.3. The lowest BCUT2D eigenvalue weighted by Crippen LogP contribution is -2.18. The average Bonchev–Trinajstić information content (AvgIpc) is 3.18. The van der Waals surface area contributed by atoms with Crippen molar-refractivity contribution in [1.29, 1.82) is 0 Å². The molecule has 1 fully saturated rings. The maximum absolute atomic E-state index is 5.79. The van der Waals surface area contributed by atoms with E-state index in [-0.39, 0.29) is 6.04 Å². The molecule has 1 aromatic heterocycles. The second-order valence-corrected chi connectivity index (χ2v) is 5.45. The highest BCUT2D eigenvalue weighted by Crippen LogP contribution is 2.29. The molecule has 1 unspecified atom stereocenters. The Morgan fingerprint density at radius 1 is 1.30 bits per heavy atom. The van der Waals surface area contributed by atoms with Crippen molar-refractivity contribution < 1.29 is 4.74 Å². The van der Waals surface area contributed by atoms with Gasteiger partial charge in [0, 0.05) is 18.8 Å². The molecule has 0 bridgehead atoms. The Kier molecular flexibility index (Phi) is 3.49. The Morgan fingerprint density at radius 3 is 2.50 bits per heavy atom. The highest BCUT2D eigenvalue weighted by Gasteiger charge is 2.23. The quantitative estimate of drug-likeness (QED) is 0.908. The fourth-order valence-electron chi connectivity index (χ4n) is 2.52. The van der Waals surface area contributed by atoms with Gasteiger partial charge in [-0.25, -0.2) is 0 Å². The van der Waals surface area contributed by atoms with E-state index in [0.29, 0.717) is 6.10 Å². The fourth-order valence-corrected chi connectivity index (χ4v) is 2.52. The second kappa shape index (κ2) is 5.29. The van der Waals surface area contributed by atoms with Crippen LogP contribution >= 0.6 is 0 Å². The molecule has 1 saturated carbocycles. The molecule has 4 nitrogen and oxygen atoms in total. The van der Waals surface area contributed by atoms with Crippen LogP contribution in [0.15, 0.2) is 30.5 Å². The van der Waals surface area contributed by atoms with Gasteiger partial charge in [0.2, 0.25) is 0 Å². The summed E-state index contributed by atoms with van der Waals surface area (Å²) in [7, 11) is 3.93. The minimum absolute atomic E-state index is 0.165. The van der Waals surface area contributed by atoms with Crippen molar-refractivity contribution in [2.75, 3.05) is 7.05 Å². The summed E-state index contributed by atoms with van der Waals surface area (Å²) in [6, 6.07) is 8.54. The second-order valence-electron chi connectivity index (χ2n) is 5.45. The van der Waals surface area contributed by atoms with Crippen LogP contribution < -0.4 is 10.1 Å². The zero-order chi connectivity index (χ0) is 14.1. The maximum atomic E-state index is 5.79. The predicted molar refractivity (Wildman–Crippen MR) is 78.9 cm³/mol. The number of hydrogen-bond donors (Lipinski definition) is 1. The highest BCUT2D eigenvalue weighted by atomic mass is 16.5. The molecule has 3 rings (SSSR count). The van der Waals surface area contributed by atoms with Crippen LogP contribution in [0.3, 0.4) is 0 Å². The third kappa shape index (κ3) is 2.70. The molecule has 1 aromatic carbocycles. The average molecular weight is 271 g/mol. The van der Waals surface area contributed by atoms with Gasteiger partial charge in [0.05, 0.1) is 17.8 Å². The topological polar surface area (TPSA) is 39.1 Å². The molecule has 1 heterocycles. The van der Waals surface area contributed by atoms with Crippen LogP contribution in [0.4, 0.5) is 0 Å². The van der Waals surface area contributed by atoms with Crippen LogP contribution in [-0.2, 0) is 7.05 Å². The van der Waals surface area contributed by atoms with E-state index in [1.165, 1.54) is 24.0 Å². The summed E-state index contributed by atoms with van der Waals surface area (Å²) < 4.78 is 7.65. The van der Waals surface area contributed by atoms with Crippen molar-refractivity contribution in [3.63, 3.8) is 0 Å². The minimum atomic E-state index is 0.165. The van der Waals surface area contributed by atoms with Crippen molar-refractivity contribution in [3.05, 3.63) is 47.3 Å². The van der Waals surface area contributed by atoms with Gasteiger partial charge in [-0.3, -0.25) is 4.68 Å². The van der Waals surface area contributed by atoms with Crippen LogP contribution in [0.25, 0.3) is 0 Å². The lowest BCUT2D eigenvalue weighted by molar-refractivity contribution is 0.303. The van der Waals surface area contributed by atoms with Crippen LogP contribution in [0.5, 0.6) is 5.75 Å². The largest absolute Gasteiger partial charge is 0.490 e. The normalized spacial score (nSPS) is 16.1. The molecular formula is C16H21N3O. The molecule has 1 atom stereocenters. The number of nitrogens with one attached hydrogen (secondary N) is 1. The van der Waals surface area contributed by atoms with Gasteiger partial charge in [-0.2, -0.15) is 5.10 Å². The number of rotatable bonds is 5. The smallest absolute Gasteiger partial charge is 0.119 e. The SMILES string of the molecule is CNC(c1ccc(OC2CC2)cc1)c1cn(C)nc1C. The first-order valence-corrected chi connectivity index (χ1v) is 7.11. The van der Waals surface area contributed by atoms with Gasteiger partial charge < -0.3 is 10.1 Å². The van der Waals surface area contributed by atoms with Crippen molar-refractivity contribution in [2.45, 2.75) is 31.9 Å². The molecule has 20 heavy (non-hydrogen) atoms. The lowest BCUT2D eigenvalue weighted by Gasteiger charge is -2.16. The first kappa shape index (κ1) is 13.2. The molecule has 1 aliphatic carbocycles. The molecule has 0 amide bonds. The van der Waals surface area contributed by atoms with E-state index < -0.39 is 0 Å². The van der Waals surface area contributed by atoms with Crippen molar-refractivity contribution in [3.8, 4) is 5.75 Å². The molecule has 2 aromatic rings. The van der Waals surface area contributed by atoms with E-state index >= 15 is 0 Å².